The molecule has 2 rings (SSSR count). The van der Waals surface area contributed by atoms with Gasteiger partial charge >= 0.3 is 5.97 Å². The molecule has 0 aromatic rings. The van der Waals surface area contributed by atoms with E-state index in [1.165, 1.54) is 0 Å². The van der Waals surface area contributed by atoms with E-state index in [2.05, 4.69) is 0 Å². The molecule has 15 heavy (non-hydrogen) atoms. The zero-order chi connectivity index (χ0) is 10.8. The zero-order valence-corrected chi connectivity index (χ0v) is 8.10. The molecule has 2 aliphatic rings. The van der Waals surface area contributed by atoms with Crippen LogP contribution in [-0.2, 0) is 24.0 Å². The van der Waals surface area contributed by atoms with Crippen molar-refractivity contribution in [3.05, 3.63) is 0 Å². The summed E-state index contributed by atoms with van der Waals surface area (Å²) in [6, 6.07) is 0. The fraction of sp³-hybridized carbons (Fsp3) is 0.667. The molecule has 2 aliphatic heterocycles. The monoisotopic (exact) mass is 213 g/mol. The first-order valence-electron chi connectivity index (χ1n) is 4.84. The van der Waals surface area contributed by atoms with E-state index in [9.17, 15) is 14.4 Å². The molecule has 0 aromatic carbocycles. The number of carbonyl (C=O) groups is 3. The van der Waals surface area contributed by atoms with E-state index in [0.717, 1.165) is 0 Å². The number of hydrogen-bond acceptors (Lipinski definition) is 5. The average Bonchev–Trinajstić information content (AvgIpc) is 2.82. The Labute approximate surface area is 86.1 Å². The highest BCUT2D eigenvalue weighted by molar-refractivity contribution is 6.01. The van der Waals surface area contributed by atoms with Gasteiger partial charge in [-0.1, -0.05) is 0 Å². The summed E-state index contributed by atoms with van der Waals surface area (Å²) in [6.07, 6.45) is 0.815. The second kappa shape index (κ2) is 3.98. The Bertz CT molecular complexity index is 292. The van der Waals surface area contributed by atoms with Crippen LogP contribution < -0.4 is 0 Å². The SMILES string of the molecule is O=C(ON1C(=O)CCC1=O)C1CCOC1. The number of imide groups is 1. The molecule has 1 atom stereocenters. The van der Waals surface area contributed by atoms with Gasteiger partial charge in [-0.2, -0.15) is 0 Å². The standard InChI is InChI=1S/C9H11NO5/c11-7-1-2-8(12)10(7)15-9(13)6-3-4-14-5-6/h6H,1-5H2. The van der Waals surface area contributed by atoms with Gasteiger partial charge in [0.2, 0.25) is 0 Å². The summed E-state index contributed by atoms with van der Waals surface area (Å²) in [7, 11) is 0. The first-order chi connectivity index (χ1) is 7.18. The lowest BCUT2D eigenvalue weighted by Gasteiger charge is -2.14. The largest absolute Gasteiger partial charge is 0.381 e. The van der Waals surface area contributed by atoms with Crippen molar-refractivity contribution in [2.75, 3.05) is 13.2 Å². The van der Waals surface area contributed by atoms with Crippen LogP contribution in [0, 0.1) is 5.92 Å². The van der Waals surface area contributed by atoms with Crippen molar-refractivity contribution in [3.63, 3.8) is 0 Å². The van der Waals surface area contributed by atoms with Crippen molar-refractivity contribution in [3.8, 4) is 0 Å². The Balaban J connectivity index is 1.93. The maximum absolute atomic E-state index is 11.4. The third kappa shape index (κ3) is 1.99. The van der Waals surface area contributed by atoms with E-state index in [-0.39, 0.29) is 18.8 Å². The van der Waals surface area contributed by atoms with Crippen LogP contribution >= 0.6 is 0 Å². The fourth-order valence-corrected chi connectivity index (χ4v) is 1.54. The average molecular weight is 213 g/mol. The van der Waals surface area contributed by atoms with Crippen molar-refractivity contribution < 1.29 is 24.0 Å². The highest BCUT2D eigenvalue weighted by atomic mass is 16.7. The van der Waals surface area contributed by atoms with Crippen molar-refractivity contribution in [2.45, 2.75) is 19.3 Å². The minimum absolute atomic E-state index is 0.118. The summed E-state index contributed by atoms with van der Waals surface area (Å²) >= 11 is 0. The van der Waals surface area contributed by atoms with E-state index in [1.807, 2.05) is 0 Å². The smallest absolute Gasteiger partial charge is 0.338 e. The Morgan fingerprint density at radius 2 is 2.00 bits per heavy atom. The number of hydrogen-bond donors (Lipinski definition) is 0. The highest BCUT2D eigenvalue weighted by Crippen LogP contribution is 2.18. The minimum Gasteiger partial charge on any atom is -0.381 e. The quantitative estimate of drug-likeness (QED) is 0.585. The molecule has 2 heterocycles. The lowest BCUT2D eigenvalue weighted by atomic mass is 10.1. The molecule has 6 nitrogen and oxygen atoms in total. The molecule has 0 N–H and O–H groups in total. The lowest BCUT2D eigenvalue weighted by molar-refractivity contribution is -0.200. The van der Waals surface area contributed by atoms with Crippen LogP contribution in [0.5, 0.6) is 0 Å². The van der Waals surface area contributed by atoms with Crippen LogP contribution in [0.1, 0.15) is 19.3 Å². The van der Waals surface area contributed by atoms with Gasteiger partial charge in [0, 0.05) is 19.4 Å². The Hall–Kier alpha value is -1.43. The van der Waals surface area contributed by atoms with E-state index in [4.69, 9.17) is 9.57 Å². The number of amides is 2. The topological polar surface area (TPSA) is 72.9 Å². The highest BCUT2D eigenvalue weighted by Gasteiger charge is 2.35. The number of rotatable bonds is 2. The van der Waals surface area contributed by atoms with Gasteiger partial charge in [0.1, 0.15) is 0 Å². The number of ether oxygens (including phenoxy) is 1. The predicted octanol–water partition coefficient (Wildman–Crippen LogP) is -0.370. The molecule has 1 unspecified atom stereocenters. The number of carbonyl (C=O) groups excluding carboxylic acids is 3. The second-order valence-electron chi connectivity index (χ2n) is 3.55. The molecule has 2 saturated heterocycles. The first kappa shape index (κ1) is 10.1. The van der Waals surface area contributed by atoms with Gasteiger partial charge in [0.25, 0.3) is 11.8 Å². The molecule has 0 aliphatic carbocycles. The van der Waals surface area contributed by atoms with E-state index in [0.29, 0.717) is 24.7 Å². The van der Waals surface area contributed by atoms with Crippen molar-refractivity contribution >= 4 is 17.8 Å². The zero-order valence-electron chi connectivity index (χ0n) is 8.10. The van der Waals surface area contributed by atoms with Crippen molar-refractivity contribution in [1.29, 1.82) is 0 Å². The maximum Gasteiger partial charge on any atom is 0.338 e. The summed E-state index contributed by atoms with van der Waals surface area (Å²) in [4.78, 5) is 38.4. The molecule has 6 heteroatoms. The maximum atomic E-state index is 11.4. The van der Waals surface area contributed by atoms with Gasteiger partial charge in [-0.3, -0.25) is 9.59 Å². The van der Waals surface area contributed by atoms with Gasteiger partial charge in [0.05, 0.1) is 12.5 Å². The molecule has 0 radical (unpaired) electrons. The van der Waals surface area contributed by atoms with Crippen LogP contribution in [0.2, 0.25) is 0 Å². The molecule has 2 amide bonds. The predicted molar refractivity (Wildman–Crippen MR) is 46.1 cm³/mol. The summed E-state index contributed by atoms with van der Waals surface area (Å²) in [5, 5.41) is 0.570. The summed E-state index contributed by atoms with van der Waals surface area (Å²) in [6.45, 7) is 0.816. The summed E-state index contributed by atoms with van der Waals surface area (Å²) in [5.41, 5.74) is 0. The van der Waals surface area contributed by atoms with Crippen LogP contribution in [0.25, 0.3) is 0 Å². The molecule has 82 valence electrons. The van der Waals surface area contributed by atoms with E-state index in [1.54, 1.807) is 0 Å². The molecule has 0 aromatic heterocycles. The molecule has 2 fully saturated rings. The Kier molecular flexibility index (Phi) is 2.68. The van der Waals surface area contributed by atoms with Crippen molar-refractivity contribution in [2.24, 2.45) is 5.92 Å². The lowest BCUT2D eigenvalue weighted by Crippen LogP contribution is -2.34. The summed E-state index contributed by atoms with van der Waals surface area (Å²) in [5.74, 6) is -1.82. The fourth-order valence-electron chi connectivity index (χ4n) is 1.54. The minimum atomic E-state index is -0.559. The van der Waals surface area contributed by atoms with Crippen molar-refractivity contribution in [1.82, 2.24) is 5.06 Å². The Morgan fingerprint density at radius 3 is 2.53 bits per heavy atom. The van der Waals surface area contributed by atoms with Crippen LogP contribution in [-0.4, -0.2) is 36.1 Å². The van der Waals surface area contributed by atoms with Gasteiger partial charge in [-0.15, -0.1) is 5.06 Å². The third-order valence-corrected chi connectivity index (χ3v) is 2.45. The third-order valence-electron chi connectivity index (χ3n) is 2.45. The first-order valence-corrected chi connectivity index (χ1v) is 4.84. The normalized spacial score (nSPS) is 26.1. The van der Waals surface area contributed by atoms with Crippen LogP contribution in [0.4, 0.5) is 0 Å². The molecular formula is C9H11NO5. The molecular weight excluding hydrogens is 202 g/mol. The Morgan fingerprint density at radius 1 is 1.33 bits per heavy atom. The molecule has 0 bridgehead atoms. The molecule has 0 spiro atoms. The van der Waals surface area contributed by atoms with Crippen LogP contribution in [0.15, 0.2) is 0 Å². The van der Waals surface area contributed by atoms with E-state index >= 15 is 0 Å². The van der Waals surface area contributed by atoms with Gasteiger partial charge < -0.3 is 9.57 Å². The molecule has 0 saturated carbocycles. The second-order valence-corrected chi connectivity index (χ2v) is 3.55. The van der Waals surface area contributed by atoms with Crippen LogP contribution in [0.3, 0.4) is 0 Å². The number of nitrogens with zero attached hydrogens (tertiary/aromatic N) is 1. The van der Waals surface area contributed by atoms with Gasteiger partial charge in [-0.05, 0) is 6.42 Å². The van der Waals surface area contributed by atoms with Gasteiger partial charge in [-0.25, -0.2) is 4.79 Å². The van der Waals surface area contributed by atoms with E-state index < -0.39 is 17.8 Å². The summed E-state index contributed by atoms with van der Waals surface area (Å²) < 4.78 is 5.01. The van der Waals surface area contributed by atoms with Gasteiger partial charge in [0.15, 0.2) is 0 Å². The number of hydroxylamine groups is 2.